The third-order valence-corrected chi connectivity index (χ3v) is 4.55. The predicted molar refractivity (Wildman–Crippen MR) is 86.1 cm³/mol. The highest BCUT2D eigenvalue weighted by Crippen LogP contribution is 2.35. The highest BCUT2D eigenvalue weighted by molar-refractivity contribution is 7.14. The van der Waals surface area contributed by atoms with Gasteiger partial charge in [0.15, 0.2) is 16.6 Å². The molecule has 1 saturated heterocycles. The molecule has 0 unspecified atom stereocenters. The number of carbonyl (C=O) groups is 1. The first kappa shape index (κ1) is 14.5. The van der Waals surface area contributed by atoms with Crippen LogP contribution in [0.4, 0.5) is 5.13 Å². The monoisotopic (exact) mass is 332 g/mol. The lowest BCUT2D eigenvalue weighted by Gasteiger charge is -2.18. The minimum atomic E-state index is -0.350. The molecular formula is C16H16N2O4S. The smallest absolute Gasteiger partial charge is 0.255 e. The van der Waals surface area contributed by atoms with Crippen molar-refractivity contribution in [3.05, 3.63) is 23.6 Å². The van der Waals surface area contributed by atoms with Gasteiger partial charge in [0.25, 0.3) is 5.91 Å². The van der Waals surface area contributed by atoms with E-state index in [9.17, 15) is 4.79 Å². The fourth-order valence-electron chi connectivity index (χ4n) is 2.64. The van der Waals surface area contributed by atoms with Crippen molar-refractivity contribution in [3.8, 4) is 22.8 Å². The summed E-state index contributed by atoms with van der Waals surface area (Å²) in [5, 5.41) is 5.32. The van der Waals surface area contributed by atoms with Gasteiger partial charge in [-0.3, -0.25) is 10.1 Å². The number of amides is 1. The topological polar surface area (TPSA) is 69.7 Å². The highest BCUT2D eigenvalue weighted by Gasteiger charge is 2.24. The molecule has 0 aliphatic carbocycles. The Labute approximate surface area is 137 Å². The molecule has 4 rings (SSSR count). The van der Waals surface area contributed by atoms with Crippen LogP contribution in [-0.2, 0) is 9.53 Å². The lowest BCUT2D eigenvalue weighted by atomic mass is 10.1. The van der Waals surface area contributed by atoms with E-state index in [0.29, 0.717) is 25.0 Å². The Morgan fingerprint density at radius 3 is 2.91 bits per heavy atom. The first-order chi connectivity index (χ1) is 11.3. The van der Waals surface area contributed by atoms with Crippen LogP contribution in [0.5, 0.6) is 11.5 Å². The molecule has 0 bridgehead atoms. The zero-order valence-electron chi connectivity index (χ0n) is 12.4. The van der Waals surface area contributed by atoms with Crippen LogP contribution in [0.25, 0.3) is 11.3 Å². The van der Waals surface area contributed by atoms with Crippen molar-refractivity contribution in [2.75, 3.05) is 25.1 Å². The van der Waals surface area contributed by atoms with Crippen molar-refractivity contribution >= 4 is 22.4 Å². The Balaban J connectivity index is 1.50. The molecule has 23 heavy (non-hydrogen) atoms. The van der Waals surface area contributed by atoms with Crippen molar-refractivity contribution in [2.45, 2.75) is 18.9 Å². The number of nitrogens with one attached hydrogen (secondary N) is 1. The molecule has 1 atom stereocenters. The largest absolute Gasteiger partial charge is 0.486 e. The van der Waals surface area contributed by atoms with Crippen LogP contribution in [0.1, 0.15) is 12.8 Å². The van der Waals surface area contributed by atoms with E-state index in [1.54, 1.807) is 0 Å². The maximum Gasteiger partial charge on any atom is 0.255 e. The lowest BCUT2D eigenvalue weighted by Crippen LogP contribution is -2.26. The molecule has 0 spiro atoms. The summed E-state index contributed by atoms with van der Waals surface area (Å²) >= 11 is 1.40. The molecule has 1 aromatic heterocycles. The number of anilines is 1. The Morgan fingerprint density at radius 2 is 2.09 bits per heavy atom. The second-order valence-electron chi connectivity index (χ2n) is 5.39. The molecule has 1 N–H and O–H groups in total. The number of ether oxygens (including phenoxy) is 3. The van der Waals surface area contributed by atoms with Crippen molar-refractivity contribution in [3.63, 3.8) is 0 Å². The fraction of sp³-hybridized carbons (Fsp3) is 0.375. The van der Waals surface area contributed by atoms with Crippen LogP contribution in [0, 0.1) is 0 Å². The number of rotatable bonds is 3. The molecule has 3 heterocycles. The Bertz CT molecular complexity index is 725. The summed E-state index contributed by atoms with van der Waals surface area (Å²) < 4.78 is 16.5. The second kappa shape index (κ2) is 6.17. The molecule has 120 valence electrons. The maximum atomic E-state index is 12.0. The van der Waals surface area contributed by atoms with Gasteiger partial charge in [0.2, 0.25) is 0 Å². The summed E-state index contributed by atoms with van der Waals surface area (Å²) in [5.41, 5.74) is 1.73. The number of aromatic nitrogens is 1. The average Bonchev–Trinajstić information content (AvgIpc) is 3.26. The van der Waals surface area contributed by atoms with E-state index in [1.165, 1.54) is 11.3 Å². The molecule has 1 fully saturated rings. The first-order valence-electron chi connectivity index (χ1n) is 7.57. The average molecular weight is 332 g/mol. The lowest BCUT2D eigenvalue weighted by molar-refractivity contribution is -0.124. The van der Waals surface area contributed by atoms with Gasteiger partial charge in [-0.15, -0.1) is 11.3 Å². The van der Waals surface area contributed by atoms with E-state index in [1.807, 2.05) is 23.6 Å². The van der Waals surface area contributed by atoms with Gasteiger partial charge in [-0.2, -0.15) is 0 Å². The van der Waals surface area contributed by atoms with Crippen LogP contribution >= 0.6 is 11.3 Å². The number of fused-ring (bicyclic) bond motifs is 1. The van der Waals surface area contributed by atoms with E-state index in [2.05, 4.69) is 10.3 Å². The van der Waals surface area contributed by atoms with Gasteiger partial charge in [-0.25, -0.2) is 4.98 Å². The molecule has 0 radical (unpaired) electrons. The standard InChI is InChI=1S/C16H16N2O4S/c19-15(13-2-1-5-20-13)18-16-17-11(9-23-16)10-3-4-12-14(8-10)22-7-6-21-12/h3-4,8-9,13H,1-2,5-7H2,(H,17,18,19)/t13-/m0/s1. The van der Waals surface area contributed by atoms with Crippen LogP contribution in [0.2, 0.25) is 0 Å². The summed E-state index contributed by atoms with van der Waals surface area (Å²) in [6.07, 6.45) is 1.35. The Morgan fingerprint density at radius 1 is 1.22 bits per heavy atom. The molecule has 0 saturated carbocycles. The van der Waals surface area contributed by atoms with E-state index in [-0.39, 0.29) is 12.0 Å². The van der Waals surface area contributed by atoms with Crippen molar-refractivity contribution in [2.24, 2.45) is 0 Å². The van der Waals surface area contributed by atoms with Gasteiger partial charge < -0.3 is 14.2 Å². The molecule has 2 aromatic rings. The zero-order valence-corrected chi connectivity index (χ0v) is 13.2. The molecule has 2 aliphatic heterocycles. The van der Waals surface area contributed by atoms with Crippen LogP contribution in [0.3, 0.4) is 0 Å². The molecule has 6 nitrogen and oxygen atoms in total. The van der Waals surface area contributed by atoms with Crippen LogP contribution < -0.4 is 14.8 Å². The van der Waals surface area contributed by atoms with Crippen molar-refractivity contribution in [1.82, 2.24) is 4.98 Å². The Hall–Kier alpha value is -2.12. The first-order valence-corrected chi connectivity index (χ1v) is 8.45. The molecule has 2 aliphatic rings. The Kier molecular flexibility index (Phi) is 3.88. The summed E-state index contributed by atoms with van der Waals surface area (Å²) in [7, 11) is 0. The van der Waals surface area contributed by atoms with Gasteiger partial charge in [-0.05, 0) is 31.0 Å². The summed E-state index contributed by atoms with van der Waals surface area (Å²) in [6, 6.07) is 5.73. The van der Waals surface area contributed by atoms with Crippen LogP contribution in [0.15, 0.2) is 23.6 Å². The van der Waals surface area contributed by atoms with E-state index in [4.69, 9.17) is 14.2 Å². The number of nitrogens with zero attached hydrogens (tertiary/aromatic N) is 1. The molecular weight excluding hydrogens is 316 g/mol. The number of thiazole rings is 1. The van der Waals surface area contributed by atoms with Gasteiger partial charge in [0.1, 0.15) is 19.3 Å². The number of hydrogen-bond acceptors (Lipinski definition) is 6. The summed E-state index contributed by atoms with van der Waals surface area (Å²) in [4.78, 5) is 16.5. The highest BCUT2D eigenvalue weighted by atomic mass is 32.1. The minimum absolute atomic E-state index is 0.120. The number of hydrogen-bond donors (Lipinski definition) is 1. The van der Waals surface area contributed by atoms with E-state index < -0.39 is 0 Å². The normalized spacial score (nSPS) is 19.6. The van der Waals surface area contributed by atoms with Crippen LogP contribution in [-0.4, -0.2) is 36.8 Å². The third-order valence-electron chi connectivity index (χ3n) is 3.79. The molecule has 1 amide bonds. The van der Waals surface area contributed by atoms with Crippen molar-refractivity contribution < 1.29 is 19.0 Å². The van der Waals surface area contributed by atoms with Crippen molar-refractivity contribution in [1.29, 1.82) is 0 Å². The number of benzene rings is 1. The molecule has 1 aromatic carbocycles. The maximum absolute atomic E-state index is 12.0. The summed E-state index contributed by atoms with van der Waals surface area (Å²) in [6.45, 7) is 1.77. The third kappa shape index (κ3) is 3.02. The number of carbonyl (C=O) groups excluding carboxylic acids is 1. The predicted octanol–water partition coefficient (Wildman–Crippen LogP) is 2.70. The fourth-order valence-corrected chi connectivity index (χ4v) is 3.36. The quantitative estimate of drug-likeness (QED) is 0.936. The van der Waals surface area contributed by atoms with Gasteiger partial charge >= 0.3 is 0 Å². The van der Waals surface area contributed by atoms with E-state index >= 15 is 0 Å². The minimum Gasteiger partial charge on any atom is -0.486 e. The van der Waals surface area contributed by atoms with Gasteiger partial charge in [-0.1, -0.05) is 0 Å². The zero-order chi connectivity index (χ0) is 15.6. The van der Waals surface area contributed by atoms with Gasteiger partial charge in [0, 0.05) is 17.6 Å². The SMILES string of the molecule is O=C(Nc1nc(-c2ccc3c(c2)OCCO3)cs1)[C@@H]1CCCO1. The second-order valence-corrected chi connectivity index (χ2v) is 6.25. The summed E-state index contributed by atoms with van der Waals surface area (Å²) in [5.74, 6) is 1.36. The molecule has 7 heteroatoms. The van der Waals surface area contributed by atoms with E-state index in [0.717, 1.165) is 35.6 Å². The van der Waals surface area contributed by atoms with Gasteiger partial charge in [0.05, 0.1) is 5.69 Å².